The average molecular weight is 202 g/mol. The number of anilines is 1. The minimum absolute atomic E-state index is 0.639. The van der Waals surface area contributed by atoms with E-state index >= 15 is 0 Å². The maximum absolute atomic E-state index is 5.78. The Balaban J connectivity index is 2.69. The second-order valence-corrected chi connectivity index (χ2v) is 4.17. The Labute approximate surface area is 82.3 Å². The molecule has 2 N–H and O–H groups in total. The number of nitrogens with two attached hydrogens (primary N) is 1. The molecule has 0 aromatic heterocycles. The van der Waals surface area contributed by atoms with E-state index in [9.17, 15) is 0 Å². The van der Waals surface area contributed by atoms with Gasteiger partial charge in [0.2, 0.25) is 0 Å². The summed E-state index contributed by atoms with van der Waals surface area (Å²) in [6.45, 7) is 2.14. The highest BCUT2D eigenvalue weighted by Crippen LogP contribution is 2.21. The highest BCUT2D eigenvalue weighted by Gasteiger charge is 1.97. The van der Waals surface area contributed by atoms with E-state index in [-0.39, 0.29) is 0 Å². The number of thioether (sulfide) groups is 1. The maximum Gasteiger partial charge on any atom is 0.0635 e. The van der Waals surface area contributed by atoms with Crippen molar-refractivity contribution in [1.29, 1.82) is 0 Å². The van der Waals surface area contributed by atoms with Gasteiger partial charge in [-0.25, -0.2) is 0 Å². The topological polar surface area (TPSA) is 26.0 Å². The van der Waals surface area contributed by atoms with Crippen molar-refractivity contribution in [1.82, 2.24) is 0 Å². The van der Waals surface area contributed by atoms with Crippen LogP contribution in [0.15, 0.2) is 18.2 Å². The third-order valence-corrected chi connectivity index (χ3v) is 2.82. The number of hydrogen-bond donors (Lipinski definition) is 1. The molecule has 1 aromatic rings. The Morgan fingerprint density at radius 1 is 1.50 bits per heavy atom. The van der Waals surface area contributed by atoms with Crippen LogP contribution in [-0.2, 0) is 5.75 Å². The normalized spacial score (nSPS) is 10.2. The second-order valence-electron chi connectivity index (χ2n) is 2.49. The molecule has 0 saturated heterocycles. The number of rotatable bonds is 3. The SMILES string of the molecule is CCSCc1ccc(Cl)c(N)c1. The molecule has 0 aliphatic rings. The van der Waals surface area contributed by atoms with Crippen LogP contribution in [0.3, 0.4) is 0 Å². The van der Waals surface area contributed by atoms with Crippen molar-refractivity contribution in [3.05, 3.63) is 28.8 Å². The first kappa shape index (κ1) is 9.75. The molecule has 0 saturated carbocycles. The van der Waals surface area contributed by atoms with E-state index in [0.717, 1.165) is 11.5 Å². The number of benzene rings is 1. The fourth-order valence-electron chi connectivity index (χ4n) is 0.903. The molecule has 0 radical (unpaired) electrons. The first-order chi connectivity index (χ1) is 5.74. The zero-order valence-corrected chi connectivity index (χ0v) is 8.58. The predicted molar refractivity (Wildman–Crippen MR) is 57.7 cm³/mol. The van der Waals surface area contributed by atoms with E-state index in [0.29, 0.717) is 10.7 Å². The highest BCUT2D eigenvalue weighted by molar-refractivity contribution is 7.98. The largest absolute Gasteiger partial charge is 0.398 e. The molecule has 0 heterocycles. The quantitative estimate of drug-likeness (QED) is 0.761. The summed E-state index contributed by atoms with van der Waals surface area (Å²) in [5.41, 5.74) is 7.56. The van der Waals surface area contributed by atoms with Gasteiger partial charge in [0, 0.05) is 5.75 Å². The van der Waals surface area contributed by atoms with Gasteiger partial charge in [-0.2, -0.15) is 11.8 Å². The lowest BCUT2D eigenvalue weighted by Crippen LogP contribution is -1.88. The zero-order chi connectivity index (χ0) is 8.97. The molecular formula is C9H12ClNS. The molecule has 0 aliphatic heterocycles. The molecule has 0 aliphatic carbocycles. The summed E-state index contributed by atoms with van der Waals surface area (Å²) in [7, 11) is 0. The van der Waals surface area contributed by atoms with Crippen molar-refractivity contribution in [3.63, 3.8) is 0 Å². The Hall–Kier alpha value is -0.340. The van der Waals surface area contributed by atoms with Gasteiger partial charge >= 0.3 is 0 Å². The van der Waals surface area contributed by atoms with Gasteiger partial charge in [0.1, 0.15) is 0 Å². The smallest absolute Gasteiger partial charge is 0.0635 e. The summed E-state index contributed by atoms with van der Waals surface area (Å²) in [6.07, 6.45) is 0. The van der Waals surface area contributed by atoms with Gasteiger partial charge in [-0.3, -0.25) is 0 Å². The number of hydrogen-bond acceptors (Lipinski definition) is 2. The molecular weight excluding hydrogens is 190 g/mol. The van der Waals surface area contributed by atoms with E-state index in [1.54, 1.807) is 0 Å². The monoisotopic (exact) mass is 201 g/mol. The highest BCUT2D eigenvalue weighted by atomic mass is 35.5. The molecule has 66 valence electrons. The fourth-order valence-corrected chi connectivity index (χ4v) is 1.64. The summed E-state index contributed by atoms with van der Waals surface area (Å²) >= 11 is 7.66. The van der Waals surface area contributed by atoms with Crippen molar-refractivity contribution in [2.45, 2.75) is 12.7 Å². The standard InChI is InChI=1S/C9H12ClNS/c1-2-12-6-7-3-4-8(10)9(11)5-7/h3-5H,2,6,11H2,1H3. The van der Waals surface area contributed by atoms with Gasteiger partial charge in [0.25, 0.3) is 0 Å². The molecule has 0 unspecified atom stereocenters. The molecule has 0 atom stereocenters. The molecule has 1 rings (SSSR count). The first-order valence-corrected chi connectivity index (χ1v) is 5.39. The predicted octanol–water partition coefficient (Wildman–Crippen LogP) is 3.18. The lowest BCUT2D eigenvalue weighted by molar-refractivity contribution is 1.40. The molecule has 0 spiro atoms. The third-order valence-electron chi connectivity index (χ3n) is 1.53. The van der Waals surface area contributed by atoms with Crippen molar-refractivity contribution in [3.8, 4) is 0 Å². The van der Waals surface area contributed by atoms with Crippen molar-refractivity contribution >= 4 is 29.1 Å². The van der Waals surface area contributed by atoms with E-state index in [1.165, 1.54) is 5.56 Å². The summed E-state index contributed by atoms with van der Waals surface area (Å²) in [6, 6.07) is 5.80. The molecule has 1 nitrogen and oxygen atoms in total. The molecule has 12 heavy (non-hydrogen) atoms. The van der Waals surface area contributed by atoms with Crippen LogP contribution in [-0.4, -0.2) is 5.75 Å². The van der Waals surface area contributed by atoms with Crippen LogP contribution in [0.4, 0.5) is 5.69 Å². The van der Waals surface area contributed by atoms with Gasteiger partial charge < -0.3 is 5.73 Å². The summed E-state index contributed by atoms with van der Waals surface area (Å²) in [4.78, 5) is 0. The van der Waals surface area contributed by atoms with Gasteiger partial charge in [-0.05, 0) is 23.4 Å². The molecule has 0 fully saturated rings. The van der Waals surface area contributed by atoms with E-state index in [1.807, 2.05) is 30.0 Å². The zero-order valence-electron chi connectivity index (χ0n) is 7.01. The van der Waals surface area contributed by atoms with Crippen molar-refractivity contribution in [2.75, 3.05) is 11.5 Å². The van der Waals surface area contributed by atoms with Gasteiger partial charge in [-0.15, -0.1) is 0 Å². The van der Waals surface area contributed by atoms with Crippen molar-refractivity contribution < 1.29 is 0 Å². The van der Waals surface area contributed by atoms with Crippen LogP contribution >= 0.6 is 23.4 Å². The van der Waals surface area contributed by atoms with Crippen LogP contribution in [0.25, 0.3) is 0 Å². The summed E-state index contributed by atoms with van der Waals surface area (Å²) in [5.74, 6) is 2.14. The minimum atomic E-state index is 0.639. The Morgan fingerprint density at radius 2 is 2.25 bits per heavy atom. The van der Waals surface area contributed by atoms with Crippen LogP contribution in [0.2, 0.25) is 5.02 Å². The number of nitrogen functional groups attached to an aromatic ring is 1. The van der Waals surface area contributed by atoms with Gasteiger partial charge in [0.05, 0.1) is 10.7 Å². The lowest BCUT2D eigenvalue weighted by atomic mass is 10.2. The number of halogens is 1. The van der Waals surface area contributed by atoms with Crippen LogP contribution in [0.1, 0.15) is 12.5 Å². The Morgan fingerprint density at radius 3 is 2.83 bits per heavy atom. The summed E-state index contributed by atoms with van der Waals surface area (Å²) in [5, 5.41) is 0.639. The fraction of sp³-hybridized carbons (Fsp3) is 0.333. The van der Waals surface area contributed by atoms with Crippen LogP contribution in [0.5, 0.6) is 0 Å². The molecule has 3 heteroatoms. The Kier molecular flexibility index (Phi) is 3.76. The van der Waals surface area contributed by atoms with Gasteiger partial charge in [0.15, 0.2) is 0 Å². The molecule has 0 bridgehead atoms. The van der Waals surface area contributed by atoms with Crippen LogP contribution < -0.4 is 5.73 Å². The third kappa shape index (κ3) is 2.61. The molecule has 1 aromatic carbocycles. The van der Waals surface area contributed by atoms with E-state index < -0.39 is 0 Å². The van der Waals surface area contributed by atoms with Gasteiger partial charge in [-0.1, -0.05) is 24.6 Å². The first-order valence-electron chi connectivity index (χ1n) is 3.85. The van der Waals surface area contributed by atoms with Crippen molar-refractivity contribution in [2.24, 2.45) is 0 Å². The lowest BCUT2D eigenvalue weighted by Gasteiger charge is -2.02. The second kappa shape index (κ2) is 4.63. The van der Waals surface area contributed by atoms with E-state index in [4.69, 9.17) is 17.3 Å². The maximum atomic E-state index is 5.78. The Bertz CT molecular complexity index is 263. The summed E-state index contributed by atoms with van der Waals surface area (Å²) < 4.78 is 0. The average Bonchev–Trinajstić information content (AvgIpc) is 2.07. The van der Waals surface area contributed by atoms with Crippen LogP contribution in [0, 0.1) is 0 Å². The molecule has 0 amide bonds. The van der Waals surface area contributed by atoms with E-state index in [2.05, 4.69) is 6.92 Å². The minimum Gasteiger partial charge on any atom is -0.398 e.